The minimum absolute atomic E-state index is 0. The Bertz CT molecular complexity index is 465. The first-order valence-corrected chi connectivity index (χ1v) is 5.66. The largest absolute Gasteiger partial charge is 0.449 e. The summed E-state index contributed by atoms with van der Waals surface area (Å²) in [6.07, 6.45) is -0.534. The Morgan fingerprint density at radius 2 is 2.17 bits per heavy atom. The van der Waals surface area contributed by atoms with Gasteiger partial charge in [0.25, 0.3) is 0 Å². The Hall–Kier alpha value is -1.00. The lowest BCUT2D eigenvalue weighted by Gasteiger charge is -2.38. The van der Waals surface area contributed by atoms with Crippen molar-refractivity contribution < 1.29 is 13.9 Å². The molecule has 0 unspecified atom stereocenters. The molecule has 1 aliphatic heterocycles. The standard InChI is InChI=1S/C12H13ClFNO2.ClH/c1-12(2)6-17-11(16)15-10(12)8-5-7(13)3-4-9(8)14;/h3-5,10H,6H2,1-2H3,(H,15,16);1H/t10-;/m1./s1. The third-order valence-electron chi connectivity index (χ3n) is 2.89. The molecular weight excluding hydrogens is 280 g/mol. The number of hydrogen-bond donors (Lipinski definition) is 1. The number of benzene rings is 1. The maximum Gasteiger partial charge on any atom is 0.407 e. The van der Waals surface area contributed by atoms with Gasteiger partial charge in [-0.2, -0.15) is 0 Å². The number of alkyl carbamates (subject to hydrolysis) is 1. The maximum absolute atomic E-state index is 13.8. The summed E-state index contributed by atoms with van der Waals surface area (Å²) in [7, 11) is 0. The van der Waals surface area contributed by atoms with E-state index in [4.69, 9.17) is 16.3 Å². The number of carbonyl (C=O) groups excluding carboxylic acids is 1. The Labute approximate surface area is 116 Å². The van der Waals surface area contributed by atoms with Crippen LogP contribution in [0.3, 0.4) is 0 Å². The van der Waals surface area contributed by atoms with Gasteiger partial charge in [0.15, 0.2) is 0 Å². The number of nitrogens with one attached hydrogen (secondary N) is 1. The molecule has 0 bridgehead atoms. The zero-order valence-corrected chi connectivity index (χ0v) is 11.6. The summed E-state index contributed by atoms with van der Waals surface area (Å²) >= 11 is 5.85. The van der Waals surface area contributed by atoms with E-state index in [1.807, 2.05) is 13.8 Å². The fraction of sp³-hybridized carbons (Fsp3) is 0.417. The molecule has 0 aliphatic carbocycles. The molecule has 0 aromatic heterocycles. The Kier molecular flexibility index (Phi) is 4.46. The van der Waals surface area contributed by atoms with Crippen LogP contribution in [0.2, 0.25) is 5.02 Å². The predicted octanol–water partition coefficient (Wildman–Crippen LogP) is 3.71. The monoisotopic (exact) mass is 293 g/mol. The van der Waals surface area contributed by atoms with Crippen LogP contribution in [0.1, 0.15) is 25.5 Å². The van der Waals surface area contributed by atoms with Crippen molar-refractivity contribution >= 4 is 30.1 Å². The van der Waals surface area contributed by atoms with Crippen molar-refractivity contribution in [2.24, 2.45) is 5.41 Å². The van der Waals surface area contributed by atoms with Gasteiger partial charge >= 0.3 is 6.09 Å². The molecule has 1 aromatic rings. The van der Waals surface area contributed by atoms with Crippen LogP contribution in [0.15, 0.2) is 18.2 Å². The molecule has 100 valence electrons. The van der Waals surface area contributed by atoms with Gasteiger partial charge in [0.1, 0.15) is 12.4 Å². The van der Waals surface area contributed by atoms with Gasteiger partial charge in [-0.15, -0.1) is 12.4 Å². The van der Waals surface area contributed by atoms with E-state index in [0.717, 1.165) is 0 Å². The van der Waals surface area contributed by atoms with Crippen LogP contribution in [0, 0.1) is 11.2 Å². The Morgan fingerprint density at radius 3 is 2.83 bits per heavy atom. The van der Waals surface area contributed by atoms with E-state index in [9.17, 15) is 9.18 Å². The summed E-state index contributed by atoms with van der Waals surface area (Å²) in [5.74, 6) is -0.380. The van der Waals surface area contributed by atoms with Crippen LogP contribution < -0.4 is 5.32 Å². The highest BCUT2D eigenvalue weighted by atomic mass is 35.5. The number of rotatable bonds is 1. The van der Waals surface area contributed by atoms with Crippen LogP contribution in [0.5, 0.6) is 0 Å². The summed E-state index contributed by atoms with van der Waals surface area (Å²) in [5, 5.41) is 3.07. The average Bonchev–Trinajstić information content (AvgIpc) is 2.26. The highest BCUT2D eigenvalue weighted by Gasteiger charge is 2.39. The molecule has 1 aliphatic rings. The van der Waals surface area contributed by atoms with E-state index in [1.165, 1.54) is 18.2 Å². The second-order valence-corrected chi connectivity index (χ2v) is 5.24. The summed E-state index contributed by atoms with van der Waals surface area (Å²) in [6, 6.07) is 3.88. The molecule has 3 nitrogen and oxygen atoms in total. The molecule has 0 saturated carbocycles. The van der Waals surface area contributed by atoms with E-state index >= 15 is 0 Å². The smallest absolute Gasteiger partial charge is 0.407 e. The zero-order valence-electron chi connectivity index (χ0n) is 10.00. The molecule has 1 saturated heterocycles. The van der Waals surface area contributed by atoms with Crippen molar-refractivity contribution in [2.45, 2.75) is 19.9 Å². The zero-order chi connectivity index (χ0) is 12.6. The van der Waals surface area contributed by atoms with E-state index in [-0.39, 0.29) is 30.2 Å². The molecule has 1 heterocycles. The van der Waals surface area contributed by atoms with Crippen molar-refractivity contribution in [1.82, 2.24) is 5.32 Å². The third-order valence-corrected chi connectivity index (χ3v) is 3.12. The number of carbonyl (C=O) groups is 1. The van der Waals surface area contributed by atoms with Crippen molar-refractivity contribution in [3.8, 4) is 0 Å². The van der Waals surface area contributed by atoms with E-state index in [2.05, 4.69) is 5.32 Å². The van der Waals surface area contributed by atoms with E-state index < -0.39 is 12.1 Å². The summed E-state index contributed by atoms with van der Waals surface area (Å²) in [5.41, 5.74) is -0.00135. The van der Waals surface area contributed by atoms with Crippen LogP contribution in [0.4, 0.5) is 9.18 Å². The fourth-order valence-electron chi connectivity index (χ4n) is 1.92. The first kappa shape index (κ1) is 15.1. The highest BCUT2D eigenvalue weighted by Crippen LogP contribution is 2.38. The Balaban J connectivity index is 0.00000162. The molecule has 1 N–H and O–H groups in total. The first-order chi connectivity index (χ1) is 7.90. The molecular formula is C12H14Cl2FNO2. The molecule has 0 radical (unpaired) electrons. The topological polar surface area (TPSA) is 38.3 Å². The molecule has 1 aromatic carbocycles. The minimum Gasteiger partial charge on any atom is -0.449 e. The van der Waals surface area contributed by atoms with Crippen LogP contribution in [-0.2, 0) is 4.74 Å². The molecule has 1 atom stereocenters. The average molecular weight is 294 g/mol. The van der Waals surface area contributed by atoms with Crippen molar-refractivity contribution in [1.29, 1.82) is 0 Å². The maximum atomic E-state index is 13.8. The van der Waals surface area contributed by atoms with Gasteiger partial charge in [0.2, 0.25) is 0 Å². The number of cyclic esters (lactones) is 1. The lowest BCUT2D eigenvalue weighted by Crippen LogP contribution is -2.47. The summed E-state index contributed by atoms with van der Waals surface area (Å²) in [4.78, 5) is 11.2. The predicted molar refractivity (Wildman–Crippen MR) is 69.7 cm³/mol. The van der Waals surface area contributed by atoms with Crippen molar-refractivity contribution in [3.05, 3.63) is 34.6 Å². The van der Waals surface area contributed by atoms with Gasteiger partial charge in [-0.3, -0.25) is 0 Å². The molecule has 1 amide bonds. The summed E-state index contributed by atoms with van der Waals surface area (Å²) in [6.45, 7) is 4.05. The normalized spacial score (nSPS) is 21.6. The van der Waals surface area contributed by atoms with Gasteiger partial charge in [0, 0.05) is 16.0 Å². The highest BCUT2D eigenvalue weighted by molar-refractivity contribution is 6.30. The second kappa shape index (κ2) is 5.33. The van der Waals surface area contributed by atoms with E-state index in [0.29, 0.717) is 10.6 Å². The SMILES string of the molecule is CC1(C)COC(=O)N[C@@H]1c1cc(Cl)ccc1F.Cl. The second-order valence-electron chi connectivity index (χ2n) is 4.81. The van der Waals surface area contributed by atoms with Crippen LogP contribution in [-0.4, -0.2) is 12.7 Å². The molecule has 18 heavy (non-hydrogen) atoms. The van der Waals surface area contributed by atoms with Gasteiger partial charge in [-0.1, -0.05) is 25.4 Å². The number of amides is 1. The van der Waals surface area contributed by atoms with Crippen LogP contribution >= 0.6 is 24.0 Å². The number of halogens is 3. The molecule has 1 fully saturated rings. The van der Waals surface area contributed by atoms with Gasteiger partial charge in [-0.25, -0.2) is 9.18 Å². The molecule has 2 rings (SSSR count). The van der Waals surface area contributed by atoms with E-state index in [1.54, 1.807) is 0 Å². The molecule has 0 spiro atoms. The van der Waals surface area contributed by atoms with Gasteiger partial charge in [-0.05, 0) is 18.2 Å². The lowest BCUT2D eigenvalue weighted by molar-refractivity contribution is 0.0378. The quantitative estimate of drug-likeness (QED) is 0.857. The first-order valence-electron chi connectivity index (χ1n) is 5.28. The third kappa shape index (κ3) is 2.87. The van der Waals surface area contributed by atoms with Crippen LogP contribution in [0.25, 0.3) is 0 Å². The fourth-order valence-corrected chi connectivity index (χ4v) is 2.10. The minimum atomic E-state index is -0.534. The summed E-state index contributed by atoms with van der Waals surface area (Å²) < 4.78 is 18.7. The van der Waals surface area contributed by atoms with Gasteiger partial charge < -0.3 is 10.1 Å². The molecule has 6 heteroatoms. The lowest BCUT2D eigenvalue weighted by atomic mass is 9.80. The van der Waals surface area contributed by atoms with Gasteiger partial charge in [0.05, 0.1) is 6.04 Å². The van der Waals surface area contributed by atoms with Crippen molar-refractivity contribution in [3.63, 3.8) is 0 Å². The van der Waals surface area contributed by atoms with Crippen molar-refractivity contribution in [2.75, 3.05) is 6.61 Å². The Morgan fingerprint density at radius 1 is 1.50 bits per heavy atom. The number of ether oxygens (including phenoxy) is 1. The number of hydrogen-bond acceptors (Lipinski definition) is 2.